The predicted octanol–water partition coefficient (Wildman–Crippen LogP) is -0.708. The van der Waals surface area contributed by atoms with Crippen LogP contribution < -0.4 is 11.1 Å². The maximum atomic E-state index is 11.5. The molecule has 0 aliphatic heterocycles. The third-order valence-corrected chi connectivity index (χ3v) is 2.29. The fraction of sp³-hybridized carbons (Fsp3) is 0.778. The highest BCUT2D eigenvalue weighted by atomic mass is 16.5. The van der Waals surface area contributed by atoms with Gasteiger partial charge in [-0.25, -0.2) is 4.79 Å². The average molecular weight is 215 g/mol. The first-order valence-electron chi connectivity index (χ1n) is 5.00. The second-order valence-corrected chi connectivity index (χ2v) is 3.58. The minimum absolute atomic E-state index is 0.0663. The molecule has 86 valence electrons. The fourth-order valence-electron chi connectivity index (χ4n) is 1.21. The lowest BCUT2D eigenvalue weighted by Crippen LogP contribution is -2.38. The molecule has 0 saturated heterocycles. The summed E-state index contributed by atoms with van der Waals surface area (Å²) in [5.74, 6) is 0.0663. The van der Waals surface area contributed by atoms with Gasteiger partial charge >= 0.3 is 6.09 Å². The summed E-state index contributed by atoms with van der Waals surface area (Å²) in [6.07, 6.45) is 1.42. The summed E-state index contributed by atoms with van der Waals surface area (Å²) in [6.45, 7) is 0.901. The van der Waals surface area contributed by atoms with Crippen LogP contribution in [0.4, 0.5) is 4.79 Å². The lowest BCUT2D eigenvalue weighted by atomic mass is 10.4. The van der Waals surface area contributed by atoms with E-state index in [1.54, 1.807) is 4.90 Å². The minimum Gasteiger partial charge on any atom is -0.448 e. The molecule has 0 atom stereocenters. The fourth-order valence-corrected chi connectivity index (χ4v) is 1.21. The summed E-state index contributed by atoms with van der Waals surface area (Å²) in [7, 11) is 1.81. The first-order valence-corrected chi connectivity index (χ1v) is 5.00. The van der Waals surface area contributed by atoms with Gasteiger partial charge in [0.15, 0.2) is 0 Å². The van der Waals surface area contributed by atoms with Crippen LogP contribution >= 0.6 is 0 Å². The van der Waals surface area contributed by atoms with Gasteiger partial charge in [0.2, 0.25) is 5.91 Å². The van der Waals surface area contributed by atoms with Crippen molar-refractivity contribution in [2.75, 3.05) is 26.7 Å². The molecule has 1 aliphatic rings. The van der Waals surface area contributed by atoms with Gasteiger partial charge in [0.25, 0.3) is 0 Å². The Hall–Kier alpha value is -1.30. The molecule has 0 unspecified atom stereocenters. The molecule has 3 N–H and O–H groups in total. The number of carbonyl (C=O) groups is 2. The van der Waals surface area contributed by atoms with Crippen LogP contribution in [0.25, 0.3) is 0 Å². The van der Waals surface area contributed by atoms with Crippen LogP contribution in [0, 0.1) is 0 Å². The number of rotatable bonds is 6. The van der Waals surface area contributed by atoms with Gasteiger partial charge in [-0.05, 0) is 12.8 Å². The molecule has 1 fully saturated rings. The molecular formula is C9H17N3O3. The smallest absolute Gasteiger partial charge is 0.404 e. The number of primary amides is 1. The summed E-state index contributed by atoms with van der Waals surface area (Å²) >= 11 is 0. The van der Waals surface area contributed by atoms with Crippen LogP contribution in [0.2, 0.25) is 0 Å². The molecule has 1 aliphatic carbocycles. The van der Waals surface area contributed by atoms with E-state index in [9.17, 15) is 9.59 Å². The first kappa shape index (κ1) is 11.8. The number of nitrogens with two attached hydrogens (primary N) is 1. The number of ether oxygens (including phenoxy) is 1. The Balaban J connectivity index is 1.99. The minimum atomic E-state index is -0.793. The van der Waals surface area contributed by atoms with E-state index in [4.69, 9.17) is 5.73 Å². The first-order chi connectivity index (χ1) is 7.11. The molecule has 6 nitrogen and oxygen atoms in total. The van der Waals surface area contributed by atoms with Crippen LogP contribution in [0.1, 0.15) is 12.8 Å². The number of nitrogens with zero attached hydrogens (tertiary/aromatic N) is 1. The molecule has 0 aromatic carbocycles. The van der Waals surface area contributed by atoms with Gasteiger partial charge in [0, 0.05) is 19.6 Å². The Kier molecular flexibility index (Phi) is 4.36. The molecule has 15 heavy (non-hydrogen) atoms. The van der Waals surface area contributed by atoms with E-state index < -0.39 is 6.09 Å². The van der Waals surface area contributed by atoms with Crippen LogP contribution in [0.3, 0.4) is 0 Å². The van der Waals surface area contributed by atoms with Crippen LogP contribution in [0.15, 0.2) is 0 Å². The van der Waals surface area contributed by atoms with E-state index in [1.165, 1.54) is 0 Å². The standard InChI is InChI=1S/C9H17N3O3/c1-12(7-2-3-7)8(13)6-11-4-5-15-9(10)14/h7,11H,2-6H2,1H3,(H2,10,14). The van der Waals surface area contributed by atoms with Crippen LogP contribution in [0.5, 0.6) is 0 Å². The van der Waals surface area contributed by atoms with Gasteiger partial charge in [0.1, 0.15) is 6.61 Å². The predicted molar refractivity (Wildman–Crippen MR) is 54.2 cm³/mol. The molecule has 0 heterocycles. The molecule has 0 spiro atoms. The molecule has 2 amide bonds. The maximum absolute atomic E-state index is 11.5. The summed E-state index contributed by atoms with van der Waals surface area (Å²) < 4.78 is 4.50. The van der Waals surface area contributed by atoms with E-state index >= 15 is 0 Å². The highest BCUT2D eigenvalue weighted by Crippen LogP contribution is 2.24. The molecule has 1 saturated carbocycles. The normalized spacial score (nSPS) is 14.7. The molecular weight excluding hydrogens is 198 g/mol. The summed E-state index contributed by atoms with van der Waals surface area (Å²) in [5.41, 5.74) is 4.77. The van der Waals surface area contributed by atoms with E-state index in [1.807, 2.05) is 7.05 Å². The number of hydrogen-bond donors (Lipinski definition) is 2. The third kappa shape index (κ3) is 4.64. The van der Waals surface area contributed by atoms with Crippen LogP contribution in [-0.4, -0.2) is 49.7 Å². The molecule has 6 heteroatoms. The zero-order chi connectivity index (χ0) is 11.3. The van der Waals surface area contributed by atoms with Gasteiger partial charge in [-0.1, -0.05) is 0 Å². The van der Waals surface area contributed by atoms with Crippen molar-refractivity contribution in [3.63, 3.8) is 0 Å². The Morgan fingerprint density at radius 1 is 1.53 bits per heavy atom. The zero-order valence-corrected chi connectivity index (χ0v) is 8.86. The molecule has 1 rings (SSSR count). The highest BCUT2D eigenvalue weighted by molar-refractivity contribution is 5.78. The Morgan fingerprint density at radius 3 is 2.73 bits per heavy atom. The Morgan fingerprint density at radius 2 is 2.20 bits per heavy atom. The van der Waals surface area contributed by atoms with Gasteiger partial charge in [-0.3, -0.25) is 4.79 Å². The van der Waals surface area contributed by atoms with Crippen molar-refractivity contribution >= 4 is 12.0 Å². The number of amides is 2. The summed E-state index contributed by atoms with van der Waals surface area (Å²) in [5, 5.41) is 2.88. The number of likely N-dealkylation sites (N-methyl/N-ethyl adjacent to an activating group) is 1. The SMILES string of the molecule is CN(C(=O)CNCCOC(N)=O)C1CC1. The lowest BCUT2D eigenvalue weighted by Gasteiger charge is -2.16. The van der Waals surface area contributed by atoms with Crippen molar-refractivity contribution in [3.05, 3.63) is 0 Å². The van der Waals surface area contributed by atoms with Crippen molar-refractivity contribution in [3.8, 4) is 0 Å². The monoisotopic (exact) mass is 215 g/mol. The summed E-state index contributed by atoms with van der Waals surface area (Å²) in [4.78, 5) is 23.4. The topological polar surface area (TPSA) is 84.7 Å². The van der Waals surface area contributed by atoms with E-state index in [-0.39, 0.29) is 19.1 Å². The molecule has 0 bridgehead atoms. The van der Waals surface area contributed by atoms with Gasteiger partial charge in [-0.2, -0.15) is 0 Å². The zero-order valence-electron chi connectivity index (χ0n) is 8.86. The quantitative estimate of drug-likeness (QED) is 0.573. The lowest BCUT2D eigenvalue weighted by molar-refractivity contribution is -0.129. The average Bonchev–Trinajstić information content (AvgIpc) is 2.98. The largest absolute Gasteiger partial charge is 0.448 e. The number of carbonyl (C=O) groups excluding carboxylic acids is 2. The van der Waals surface area contributed by atoms with Gasteiger partial charge in [0.05, 0.1) is 6.54 Å². The van der Waals surface area contributed by atoms with E-state index in [0.717, 1.165) is 12.8 Å². The van der Waals surface area contributed by atoms with Gasteiger partial charge < -0.3 is 20.7 Å². The van der Waals surface area contributed by atoms with Gasteiger partial charge in [-0.15, -0.1) is 0 Å². The second-order valence-electron chi connectivity index (χ2n) is 3.58. The maximum Gasteiger partial charge on any atom is 0.404 e. The van der Waals surface area contributed by atoms with E-state index in [2.05, 4.69) is 10.1 Å². The Bertz CT molecular complexity index is 241. The molecule has 0 aromatic rings. The van der Waals surface area contributed by atoms with E-state index in [0.29, 0.717) is 12.6 Å². The van der Waals surface area contributed by atoms with Crippen molar-refractivity contribution < 1.29 is 14.3 Å². The number of hydrogen-bond acceptors (Lipinski definition) is 4. The molecule has 0 aromatic heterocycles. The van der Waals surface area contributed by atoms with Crippen LogP contribution in [-0.2, 0) is 9.53 Å². The highest BCUT2D eigenvalue weighted by Gasteiger charge is 2.28. The van der Waals surface area contributed by atoms with Crippen molar-refractivity contribution in [1.29, 1.82) is 0 Å². The molecule has 0 radical (unpaired) electrons. The third-order valence-electron chi connectivity index (χ3n) is 2.29. The summed E-state index contributed by atoms with van der Waals surface area (Å²) in [6, 6.07) is 0.432. The second kappa shape index (κ2) is 5.55. The van der Waals surface area contributed by atoms with Crippen molar-refractivity contribution in [2.24, 2.45) is 5.73 Å². The Labute approximate surface area is 88.7 Å². The number of nitrogens with one attached hydrogen (secondary N) is 1. The van der Waals surface area contributed by atoms with Crippen molar-refractivity contribution in [2.45, 2.75) is 18.9 Å². The van der Waals surface area contributed by atoms with Crippen molar-refractivity contribution in [1.82, 2.24) is 10.2 Å².